The molecule has 1 fully saturated rings. The molecule has 3 rings (SSSR count). The van der Waals surface area contributed by atoms with E-state index in [1.807, 2.05) is 0 Å². The van der Waals surface area contributed by atoms with E-state index < -0.39 is 15.9 Å². The first-order chi connectivity index (χ1) is 12.4. The van der Waals surface area contributed by atoms with Crippen molar-refractivity contribution in [2.75, 3.05) is 11.1 Å². The van der Waals surface area contributed by atoms with Crippen molar-refractivity contribution in [3.63, 3.8) is 0 Å². The van der Waals surface area contributed by atoms with E-state index in [0.717, 1.165) is 12.8 Å². The minimum absolute atomic E-state index is 0.00607. The maximum Gasteiger partial charge on any atom is 0.250 e. The van der Waals surface area contributed by atoms with E-state index in [1.165, 1.54) is 29.9 Å². The maximum atomic E-state index is 12.9. The molecule has 9 heteroatoms. The van der Waals surface area contributed by atoms with E-state index in [1.54, 1.807) is 30.9 Å². The fraction of sp³-hybridized carbons (Fsp3) is 0.588. The second-order valence-corrected chi connectivity index (χ2v) is 9.10. The highest BCUT2D eigenvalue weighted by Crippen LogP contribution is 2.32. The van der Waals surface area contributed by atoms with Gasteiger partial charge in [0.2, 0.25) is 5.91 Å². The molecule has 8 nitrogen and oxygen atoms in total. The highest BCUT2D eigenvalue weighted by molar-refractivity contribution is 7.91. The van der Waals surface area contributed by atoms with Gasteiger partial charge in [-0.15, -0.1) is 0 Å². The van der Waals surface area contributed by atoms with Gasteiger partial charge in [0.15, 0.2) is 15.7 Å². The van der Waals surface area contributed by atoms with Gasteiger partial charge in [-0.1, -0.05) is 32.6 Å². The molecule has 26 heavy (non-hydrogen) atoms. The summed E-state index contributed by atoms with van der Waals surface area (Å²) >= 11 is 0. The summed E-state index contributed by atoms with van der Waals surface area (Å²) in [5.41, 5.74) is 0. The van der Waals surface area contributed by atoms with Gasteiger partial charge in [0.1, 0.15) is 10.9 Å². The topological polar surface area (TPSA) is 98.9 Å². The highest BCUT2D eigenvalue weighted by Gasteiger charge is 2.28. The van der Waals surface area contributed by atoms with Crippen LogP contribution in [0.3, 0.4) is 0 Å². The SMILES string of the molecule is CCS(=O)(=O)c1cnn(C(CC2CCCC2)C(=O)Nc2ccn(C)n2)c1. The van der Waals surface area contributed by atoms with Crippen LogP contribution in [0.15, 0.2) is 29.6 Å². The fourth-order valence-electron chi connectivity index (χ4n) is 3.41. The van der Waals surface area contributed by atoms with Gasteiger partial charge in [0.25, 0.3) is 0 Å². The molecule has 2 aromatic heterocycles. The lowest BCUT2D eigenvalue weighted by atomic mass is 9.98. The molecule has 142 valence electrons. The monoisotopic (exact) mass is 379 g/mol. The third-order valence-electron chi connectivity index (χ3n) is 4.94. The lowest BCUT2D eigenvalue weighted by Gasteiger charge is -2.20. The van der Waals surface area contributed by atoms with Gasteiger partial charge < -0.3 is 5.32 Å². The average molecular weight is 379 g/mol. The quantitative estimate of drug-likeness (QED) is 0.795. The molecule has 0 aromatic carbocycles. The van der Waals surface area contributed by atoms with Gasteiger partial charge in [0.05, 0.1) is 11.9 Å². The molecule has 2 heterocycles. The second kappa shape index (κ2) is 7.61. The van der Waals surface area contributed by atoms with Crippen LogP contribution in [0.25, 0.3) is 0 Å². The zero-order valence-electron chi connectivity index (χ0n) is 15.1. The summed E-state index contributed by atoms with van der Waals surface area (Å²) in [6.45, 7) is 1.59. The smallest absolute Gasteiger partial charge is 0.250 e. The molecule has 0 bridgehead atoms. The van der Waals surface area contributed by atoms with Crippen molar-refractivity contribution in [3.05, 3.63) is 24.7 Å². The third kappa shape index (κ3) is 4.14. The molecule has 1 amide bonds. The number of anilines is 1. The van der Waals surface area contributed by atoms with Crippen LogP contribution in [0.2, 0.25) is 0 Å². The standard InChI is InChI=1S/C17H25N5O3S/c1-3-26(24,25)14-11-18-22(12-14)15(10-13-6-4-5-7-13)17(23)19-16-8-9-21(2)20-16/h8-9,11-13,15H,3-7,10H2,1-2H3,(H,19,20,23). The van der Waals surface area contributed by atoms with E-state index >= 15 is 0 Å². The van der Waals surface area contributed by atoms with Crippen LogP contribution in [0, 0.1) is 5.92 Å². The number of aryl methyl sites for hydroxylation is 1. The molecule has 0 radical (unpaired) electrons. The normalized spacial score (nSPS) is 16.7. The number of carbonyl (C=O) groups is 1. The first-order valence-electron chi connectivity index (χ1n) is 8.96. The first kappa shape index (κ1) is 18.6. The number of nitrogens with one attached hydrogen (secondary N) is 1. The van der Waals surface area contributed by atoms with Crippen molar-refractivity contribution in [2.45, 2.75) is 50.0 Å². The van der Waals surface area contributed by atoms with Crippen LogP contribution < -0.4 is 5.32 Å². The van der Waals surface area contributed by atoms with Crippen molar-refractivity contribution >= 4 is 21.6 Å². The van der Waals surface area contributed by atoms with Crippen LogP contribution in [0.1, 0.15) is 45.1 Å². The fourth-order valence-corrected chi connectivity index (χ4v) is 4.22. The van der Waals surface area contributed by atoms with Crippen molar-refractivity contribution in [1.82, 2.24) is 19.6 Å². The Morgan fingerprint density at radius 2 is 2.12 bits per heavy atom. The molecular weight excluding hydrogens is 354 g/mol. The lowest BCUT2D eigenvalue weighted by molar-refractivity contribution is -0.120. The van der Waals surface area contributed by atoms with Crippen molar-refractivity contribution in [1.29, 1.82) is 0 Å². The predicted octanol–water partition coefficient (Wildman–Crippen LogP) is 2.17. The predicted molar refractivity (Wildman–Crippen MR) is 97.4 cm³/mol. The average Bonchev–Trinajstić information content (AvgIpc) is 3.34. The zero-order valence-corrected chi connectivity index (χ0v) is 15.9. The molecule has 2 aromatic rings. The lowest BCUT2D eigenvalue weighted by Crippen LogP contribution is -2.28. The van der Waals surface area contributed by atoms with Gasteiger partial charge in [-0.3, -0.25) is 14.2 Å². The molecule has 1 saturated carbocycles. The number of aromatic nitrogens is 4. The molecule has 0 saturated heterocycles. The van der Waals surface area contributed by atoms with Crippen LogP contribution in [-0.2, 0) is 21.7 Å². The third-order valence-corrected chi connectivity index (χ3v) is 6.62. The Hall–Kier alpha value is -2.16. The Balaban J connectivity index is 1.83. The molecule has 1 atom stereocenters. The number of nitrogens with zero attached hydrogens (tertiary/aromatic N) is 4. The molecule has 1 aliphatic rings. The summed E-state index contributed by atoms with van der Waals surface area (Å²) in [5, 5.41) is 11.2. The second-order valence-electron chi connectivity index (χ2n) is 6.83. The van der Waals surface area contributed by atoms with Gasteiger partial charge in [-0.05, 0) is 12.3 Å². The van der Waals surface area contributed by atoms with Crippen molar-refractivity contribution < 1.29 is 13.2 Å². The summed E-state index contributed by atoms with van der Waals surface area (Å²) in [4.78, 5) is 13.0. The van der Waals surface area contributed by atoms with E-state index in [9.17, 15) is 13.2 Å². The Kier molecular flexibility index (Phi) is 5.45. The number of hydrogen-bond acceptors (Lipinski definition) is 5. The van der Waals surface area contributed by atoms with Crippen molar-refractivity contribution in [2.24, 2.45) is 13.0 Å². The van der Waals surface area contributed by atoms with E-state index in [-0.39, 0.29) is 16.6 Å². The zero-order chi connectivity index (χ0) is 18.7. The minimum atomic E-state index is -3.35. The summed E-state index contributed by atoms with van der Waals surface area (Å²) in [5.74, 6) is 0.707. The molecule has 0 spiro atoms. The minimum Gasteiger partial charge on any atom is -0.307 e. The van der Waals surface area contributed by atoms with Crippen LogP contribution in [-0.4, -0.2) is 39.6 Å². The molecule has 1 N–H and O–H groups in total. The first-order valence-corrected chi connectivity index (χ1v) is 10.6. The van der Waals surface area contributed by atoms with Crippen LogP contribution in [0.5, 0.6) is 0 Å². The van der Waals surface area contributed by atoms with E-state index in [2.05, 4.69) is 15.5 Å². The van der Waals surface area contributed by atoms with Gasteiger partial charge in [0, 0.05) is 25.5 Å². The van der Waals surface area contributed by atoms with Crippen molar-refractivity contribution in [3.8, 4) is 0 Å². The Morgan fingerprint density at radius 3 is 2.73 bits per heavy atom. The Labute approximate surface area is 153 Å². The van der Waals surface area contributed by atoms with E-state index in [0.29, 0.717) is 18.2 Å². The molecule has 1 unspecified atom stereocenters. The number of rotatable bonds is 7. The largest absolute Gasteiger partial charge is 0.307 e. The number of amides is 1. The highest BCUT2D eigenvalue weighted by atomic mass is 32.2. The summed E-state index contributed by atoms with van der Waals surface area (Å²) in [6.07, 6.45) is 9.73. The van der Waals surface area contributed by atoms with Crippen LogP contribution >= 0.6 is 0 Å². The van der Waals surface area contributed by atoms with Gasteiger partial charge >= 0.3 is 0 Å². The number of hydrogen-bond donors (Lipinski definition) is 1. The van der Waals surface area contributed by atoms with Gasteiger partial charge in [-0.2, -0.15) is 10.2 Å². The number of carbonyl (C=O) groups excluding carboxylic acids is 1. The Morgan fingerprint density at radius 1 is 1.38 bits per heavy atom. The molecule has 1 aliphatic carbocycles. The van der Waals surface area contributed by atoms with Gasteiger partial charge in [-0.25, -0.2) is 8.42 Å². The number of sulfone groups is 1. The summed E-state index contributed by atoms with van der Waals surface area (Å²) < 4.78 is 27.3. The molecule has 0 aliphatic heterocycles. The van der Waals surface area contributed by atoms with E-state index in [4.69, 9.17) is 0 Å². The summed E-state index contributed by atoms with van der Waals surface area (Å²) in [6, 6.07) is 1.17. The maximum absolute atomic E-state index is 12.9. The Bertz CT molecular complexity index is 865. The van der Waals surface area contributed by atoms with Crippen LogP contribution in [0.4, 0.5) is 5.82 Å². The molecular formula is C17H25N5O3S. The summed E-state index contributed by atoms with van der Waals surface area (Å²) in [7, 11) is -1.57.